The summed E-state index contributed by atoms with van der Waals surface area (Å²) in [6.07, 6.45) is 0. The highest BCUT2D eigenvalue weighted by Crippen LogP contribution is 2.16. The summed E-state index contributed by atoms with van der Waals surface area (Å²) in [4.78, 5) is 11.5. The van der Waals surface area contributed by atoms with Crippen LogP contribution in [0.1, 0.15) is 31.0 Å². The fraction of sp³-hybridized carbons (Fsp3) is 0.385. The summed E-state index contributed by atoms with van der Waals surface area (Å²) in [5.74, 6) is -0.213. The van der Waals surface area contributed by atoms with E-state index in [2.05, 4.69) is 11.4 Å². The third-order valence-electron chi connectivity index (χ3n) is 2.44. The molecule has 0 spiro atoms. The Balaban J connectivity index is 2.89. The van der Waals surface area contributed by atoms with Gasteiger partial charge in [0.15, 0.2) is 0 Å². The molecule has 0 saturated heterocycles. The van der Waals surface area contributed by atoms with Crippen LogP contribution in [0.5, 0.6) is 0 Å². The molecule has 0 bridgehead atoms. The standard InChI is InChI=1S/C13H16N2O/c1-9(2)13(16)15-12(8-14)11-7-5-4-6-10(11)3/h4-7,9,12H,1-3H3,(H,15,16). The van der Waals surface area contributed by atoms with E-state index in [0.29, 0.717) is 0 Å². The van der Waals surface area contributed by atoms with Gasteiger partial charge in [-0.05, 0) is 18.1 Å². The summed E-state index contributed by atoms with van der Waals surface area (Å²) in [5, 5.41) is 11.8. The molecule has 0 saturated carbocycles. The molecule has 1 unspecified atom stereocenters. The van der Waals surface area contributed by atoms with Crippen LogP contribution in [0.15, 0.2) is 24.3 Å². The van der Waals surface area contributed by atoms with E-state index in [9.17, 15) is 4.79 Å². The van der Waals surface area contributed by atoms with Crippen molar-refractivity contribution in [2.75, 3.05) is 0 Å². The Morgan fingerprint density at radius 2 is 2.00 bits per heavy atom. The van der Waals surface area contributed by atoms with Gasteiger partial charge >= 0.3 is 0 Å². The van der Waals surface area contributed by atoms with E-state index in [0.717, 1.165) is 11.1 Å². The SMILES string of the molecule is Cc1ccccc1C(C#N)NC(=O)C(C)C. The number of carbonyl (C=O) groups excluding carboxylic acids is 1. The molecular weight excluding hydrogens is 200 g/mol. The number of nitrogens with one attached hydrogen (secondary N) is 1. The first-order chi connectivity index (χ1) is 7.56. The molecule has 0 aliphatic heterocycles. The van der Waals surface area contributed by atoms with Crippen molar-refractivity contribution in [2.45, 2.75) is 26.8 Å². The smallest absolute Gasteiger partial charge is 0.223 e. The number of amides is 1. The van der Waals surface area contributed by atoms with Crippen LogP contribution in [-0.4, -0.2) is 5.91 Å². The molecule has 1 amide bonds. The lowest BCUT2D eigenvalue weighted by Gasteiger charge is -2.15. The van der Waals surface area contributed by atoms with E-state index in [1.807, 2.05) is 45.0 Å². The average Bonchev–Trinajstić information content (AvgIpc) is 2.26. The van der Waals surface area contributed by atoms with E-state index in [4.69, 9.17) is 5.26 Å². The number of hydrogen-bond acceptors (Lipinski definition) is 2. The van der Waals surface area contributed by atoms with Gasteiger partial charge in [-0.25, -0.2) is 0 Å². The maximum atomic E-state index is 11.5. The zero-order valence-electron chi connectivity index (χ0n) is 9.82. The van der Waals surface area contributed by atoms with Crippen molar-refractivity contribution in [1.82, 2.24) is 5.32 Å². The van der Waals surface area contributed by atoms with Gasteiger partial charge in [-0.15, -0.1) is 0 Å². The van der Waals surface area contributed by atoms with Gasteiger partial charge in [0.25, 0.3) is 0 Å². The predicted octanol–water partition coefficient (Wildman–Crippen LogP) is 2.33. The van der Waals surface area contributed by atoms with Crippen molar-refractivity contribution < 1.29 is 4.79 Å². The van der Waals surface area contributed by atoms with E-state index in [1.54, 1.807) is 0 Å². The quantitative estimate of drug-likeness (QED) is 0.843. The number of benzene rings is 1. The molecule has 1 aromatic carbocycles. The Labute approximate surface area is 96.1 Å². The highest BCUT2D eigenvalue weighted by Gasteiger charge is 2.16. The van der Waals surface area contributed by atoms with Crippen LogP contribution in [0.3, 0.4) is 0 Å². The fourth-order valence-corrected chi connectivity index (χ4v) is 1.40. The molecule has 1 aromatic rings. The first kappa shape index (κ1) is 12.3. The molecule has 0 fully saturated rings. The first-order valence-electron chi connectivity index (χ1n) is 5.31. The van der Waals surface area contributed by atoms with Gasteiger partial charge in [-0.2, -0.15) is 5.26 Å². The zero-order valence-corrected chi connectivity index (χ0v) is 9.82. The minimum atomic E-state index is -0.559. The topological polar surface area (TPSA) is 52.9 Å². The zero-order chi connectivity index (χ0) is 12.1. The van der Waals surface area contributed by atoms with Gasteiger partial charge in [0.1, 0.15) is 6.04 Å². The highest BCUT2D eigenvalue weighted by molar-refractivity contribution is 5.78. The number of hydrogen-bond donors (Lipinski definition) is 1. The van der Waals surface area contributed by atoms with Gasteiger partial charge in [-0.1, -0.05) is 38.1 Å². The second-order valence-electron chi connectivity index (χ2n) is 4.08. The summed E-state index contributed by atoms with van der Waals surface area (Å²) < 4.78 is 0. The van der Waals surface area contributed by atoms with Crippen molar-refractivity contribution in [1.29, 1.82) is 5.26 Å². The molecule has 3 heteroatoms. The minimum Gasteiger partial charge on any atom is -0.336 e. The third-order valence-corrected chi connectivity index (χ3v) is 2.44. The van der Waals surface area contributed by atoms with Crippen molar-refractivity contribution in [3.05, 3.63) is 35.4 Å². The molecule has 1 atom stereocenters. The number of rotatable bonds is 3. The summed E-state index contributed by atoms with van der Waals surface area (Å²) >= 11 is 0. The Kier molecular flexibility index (Phi) is 4.07. The van der Waals surface area contributed by atoms with Crippen molar-refractivity contribution in [2.24, 2.45) is 5.92 Å². The average molecular weight is 216 g/mol. The van der Waals surface area contributed by atoms with E-state index in [1.165, 1.54) is 0 Å². The molecule has 1 N–H and O–H groups in total. The number of nitrogens with zero attached hydrogens (tertiary/aromatic N) is 1. The molecule has 3 nitrogen and oxygen atoms in total. The maximum absolute atomic E-state index is 11.5. The fourth-order valence-electron chi connectivity index (χ4n) is 1.40. The monoisotopic (exact) mass is 216 g/mol. The molecule has 1 rings (SSSR count). The lowest BCUT2D eigenvalue weighted by atomic mass is 10.0. The lowest BCUT2D eigenvalue weighted by molar-refractivity contribution is -0.124. The van der Waals surface area contributed by atoms with Gasteiger partial charge in [0.05, 0.1) is 6.07 Å². The van der Waals surface area contributed by atoms with Crippen LogP contribution >= 0.6 is 0 Å². The molecule has 16 heavy (non-hydrogen) atoms. The Morgan fingerprint density at radius 1 is 1.38 bits per heavy atom. The normalized spacial score (nSPS) is 11.9. The van der Waals surface area contributed by atoms with Crippen LogP contribution in [0.25, 0.3) is 0 Å². The van der Waals surface area contributed by atoms with E-state index >= 15 is 0 Å². The van der Waals surface area contributed by atoms with Crippen LogP contribution in [0, 0.1) is 24.2 Å². The summed E-state index contributed by atoms with van der Waals surface area (Å²) in [6.45, 7) is 5.55. The second kappa shape index (κ2) is 5.32. The molecule has 0 aromatic heterocycles. The molecule has 0 aliphatic rings. The van der Waals surface area contributed by atoms with Crippen molar-refractivity contribution >= 4 is 5.91 Å². The molecule has 0 aliphatic carbocycles. The van der Waals surface area contributed by atoms with Gasteiger partial charge in [0, 0.05) is 5.92 Å². The van der Waals surface area contributed by atoms with Crippen LogP contribution in [0.2, 0.25) is 0 Å². The Bertz CT molecular complexity index is 418. The molecular formula is C13H16N2O. The minimum absolute atomic E-state index is 0.102. The molecule has 0 heterocycles. The number of nitriles is 1. The third kappa shape index (κ3) is 2.83. The maximum Gasteiger partial charge on any atom is 0.223 e. The van der Waals surface area contributed by atoms with Crippen LogP contribution < -0.4 is 5.32 Å². The Hall–Kier alpha value is -1.82. The van der Waals surface area contributed by atoms with E-state index in [-0.39, 0.29) is 11.8 Å². The molecule has 84 valence electrons. The predicted molar refractivity (Wildman–Crippen MR) is 62.5 cm³/mol. The van der Waals surface area contributed by atoms with Crippen LogP contribution in [-0.2, 0) is 4.79 Å². The number of aryl methyl sites for hydroxylation is 1. The summed E-state index contributed by atoms with van der Waals surface area (Å²) in [6, 6.07) is 9.13. The molecule has 0 radical (unpaired) electrons. The summed E-state index contributed by atoms with van der Waals surface area (Å²) in [7, 11) is 0. The van der Waals surface area contributed by atoms with Crippen molar-refractivity contribution in [3.8, 4) is 6.07 Å². The Morgan fingerprint density at radius 3 is 2.50 bits per heavy atom. The highest BCUT2D eigenvalue weighted by atomic mass is 16.1. The van der Waals surface area contributed by atoms with Gasteiger partial charge < -0.3 is 5.32 Å². The number of carbonyl (C=O) groups is 1. The summed E-state index contributed by atoms with van der Waals surface area (Å²) in [5.41, 5.74) is 1.87. The van der Waals surface area contributed by atoms with Gasteiger partial charge in [-0.3, -0.25) is 4.79 Å². The second-order valence-corrected chi connectivity index (χ2v) is 4.08. The first-order valence-corrected chi connectivity index (χ1v) is 5.31. The lowest BCUT2D eigenvalue weighted by Crippen LogP contribution is -2.31. The van der Waals surface area contributed by atoms with Crippen molar-refractivity contribution in [3.63, 3.8) is 0 Å². The van der Waals surface area contributed by atoms with E-state index < -0.39 is 6.04 Å². The van der Waals surface area contributed by atoms with Gasteiger partial charge in [0.2, 0.25) is 5.91 Å². The largest absolute Gasteiger partial charge is 0.336 e. The van der Waals surface area contributed by atoms with Crippen LogP contribution in [0.4, 0.5) is 0 Å².